The fraction of sp³-hybridized carbons (Fsp3) is 0.571. The zero-order valence-corrected chi connectivity index (χ0v) is 18.8. The number of hydrogen-bond acceptors (Lipinski definition) is 6. The molecule has 2 amide bonds. The Morgan fingerprint density at radius 2 is 1.94 bits per heavy atom. The summed E-state index contributed by atoms with van der Waals surface area (Å²) >= 11 is 1.42. The average Bonchev–Trinajstić information content (AvgIpc) is 3.41. The molecule has 3 aliphatic rings. The van der Waals surface area contributed by atoms with E-state index in [-0.39, 0.29) is 25.2 Å². The van der Waals surface area contributed by atoms with E-state index in [9.17, 15) is 18.0 Å². The van der Waals surface area contributed by atoms with E-state index in [4.69, 9.17) is 4.98 Å². The summed E-state index contributed by atoms with van der Waals surface area (Å²) in [6, 6.07) is 3.35. The highest BCUT2D eigenvalue weighted by Crippen LogP contribution is 2.44. The molecule has 0 saturated carbocycles. The number of halogens is 3. The van der Waals surface area contributed by atoms with Gasteiger partial charge in [0, 0.05) is 24.5 Å². The summed E-state index contributed by atoms with van der Waals surface area (Å²) in [7, 11) is 0. The lowest BCUT2D eigenvalue weighted by Gasteiger charge is -2.34. The normalized spacial score (nSPS) is 22.8. The second kappa shape index (κ2) is 7.79. The van der Waals surface area contributed by atoms with E-state index < -0.39 is 12.1 Å². The van der Waals surface area contributed by atoms with Gasteiger partial charge < -0.3 is 9.80 Å². The Morgan fingerprint density at radius 1 is 1.16 bits per heavy atom. The molecule has 2 atom stereocenters. The fourth-order valence-electron chi connectivity index (χ4n) is 4.81. The first-order chi connectivity index (χ1) is 15.2. The van der Waals surface area contributed by atoms with Crippen molar-refractivity contribution in [3.63, 3.8) is 0 Å². The molecule has 2 aromatic heterocycles. The molecule has 3 aliphatic heterocycles. The number of piperidine rings is 1. The van der Waals surface area contributed by atoms with Gasteiger partial charge in [-0.3, -0.25) is 10.2 Å². The third-order valence-corrected chi connectivity index (χ3v) is 7.55. The molecule has 0 bridgehead atoms. The number of amides is 2. The smallest absolute Gasteiger partial charge is 0.356 e. The molecule has 5 heterocycles. The molecule has 7 nitrogen and oxygen atoms in total. The molecular formula is C21H25F3N6OS. The predicted octanol–water partition coefficient (Wildman–Crippen LogP) is 4.91. The Labute approximate surface area is 188 Å². The summed E-state index contributed by atoms with van der Waals surface area (Å²) < 4.78 is 39.9. The molecule has 1 N–H and O–H groups in total. The number of alkyl halides is 3. The molecule has 11 heteroatoms. The van der Waals surface area contributed by atoms with Crippen LogP contribution in [-0.2, 0) is 0 Å². The minimum absolute atomic E-state index is 0.105. The lowest BCUT2D eigenvalue weighted by atomic mass is 9.97. The summed E-state index contributed by atoms with van der Waals surface area (Å²) in [6.45, 7) is 5.08. The molecule has 2 aromatic rings. The molecule has 0 radical (unpaired) electrons. The summed E-state index contributed by atoms with van der Waals surface area (Å²) in [6.07, 6.45) is -1.97. The molecule has 0 aliphatic carbocycles. The van der Waals surface area contributed by atoms with Gasteiger partial charge in [0.2, 0.25) is 0 Å². The van der Waals surface area contributed by atoms with E-state index in [2.05, 4.69) is 15.2 Å². The van der Waals surface area contributed by atoms with Crippen molar-refractivity contribution in [1.82, 2.24) is 9.97 Å². The number of rotatable bonds is 2. The van der Waals surface area contributed by atoms with Crippen LogP contribution in [0.4, 0.5) is 40.4 Å². The van der Waals surface area contributed by atoms with Crippen molar-refractivity contribution in [1.29, 1.82) is 0 Å². The fourth-order valence-corrected chi connectivity index (χ4v) is 5.61. The van der Waals surface area contributed by atoms with E-state index in [1.54, 1.807) is 15.9 Å². The summed E-state index contributed by atoms with van der Waals surface area (Å²) in [5, 5.41) is 3.42. The maximum Gasteiger partial charge on any atom is 0.393 e. The van der Waals surface area contributed by atoms with Crippen LogP contribution in [0.15, 0.2) is 12.1 Å². The quantitative estimate of drug-likeness (QED) is 0.681. The lowest BCUT2D eigenvalue weighted by molar-refractivity contribution is -0.176. The standard InChI is InChI=1S/C21H25F3N6OS/c1-12-13(2)32-19(25-12)27-20(31)30-17-6-4-10-29(17)15-7-8-16(26-18(15)30)28-9-3-5-14(11-28)21(22,23)24/h7-8,14,17H,3-6,9-11H2,1-2H3,(H,25,27,31)/t14?,17-/m1/s1. The zero-order chi connectivity index (χ0) is 22.6. The number of fused-ring (bicyclic) bond motifs is 3. The van der Waals surface area contributed by atoms with Crippen molar-refractivity contribution in [3.8, 4) is 0 Å². The van der Waals surface area contributed by atoms with Crippen molar-refractivity contribution in [2.45, 2.75) is 51.9 Å². The van der Waals surface area contributed by atoms with Crippen LogP contribution in [-0.4, -0.2) is 48.0 Å². The first-order valence-corrected chi connectivity index (χ1v) is 11.7. The minimum atomic E-state index is -4.21. The molecule has 2 saturated heterocycles. The van der Waals surface area contributed by atoms with Crippen LogP contribution >= 0.6 is 11.3 Å². The number of carbonyl (C=O) groups is 1. The number of anilines is 4. The maximum absolute atomic E-state index is 13.3. The van der Waals surface area contributed by atoms with Crippen molar-refractivity contribution in [3.05, 3.63) is 22.7 Å². The van der Waals surface area contributed by atoms with Crippen molar-refractivity contribution in [2.75, 3.05) is 39.7 Å². The zero-order valence-electron chi connectivity index (χ0n) is 17.9. The minimum Gasteiger partial charge on any atom is -0.356 e. The second-order valence-corrected chi connectivity index (χ2v) is 9.82. The SMILES string of the molecule is Cc1nc(NC(=O)N2c3nc(N4CCCC(C(F)(F)F)C4)ccc3N3CCC[C@H]32)sc1C. The van der Waals surface area contributed by atoms with Gasteiger partial charge in [0.25, 0.3) is 0 Å². The molecule has 5 rings (SSSR count). The van der Waals surface area contributed by atoms with Gasteiger partial charge >= 0.3 is 12.2 Å². The largest absolute Gasteiger partial charge is 0.393 e. The van der Waals surface area contributed by atoms with Gasteiger partial charge in [0.05, 0.1) is 17.3 Å². The number of aryl methyl sites for hydroxylation is 2. The van der Waals surface area contributed by atoms with Crippen LogP contribution in [0.2, 0.25) is 0 Å². The summed E-state index contributed by atoms with van der Waals surface area (Å²) in [5.41, 5.74) is 1.72. The molecule has 32 heavy (non-hydrogen) atoms. The van der Waals surface area contributed by atoms with Crippen LogP contribution in [0.3, 0.4) is 0 Å². The molecule has 1 unspecified atom stereocenters. The Hall–Kier alpha value is -2.56. The third kappa shape index (κ3) is 3.66. The third-order valence-electron chi connectivity index (χ3n) is 6.57. The Bertz CT molecular complexity index is 1020. The highest BCUT2D eigenvalue weighted by molar-refractivity contribution is 7.15. The van der Waals surface area contributed by atoms with E-state index in [0.29, 0.717) is 29.7 Å². The van der Waals surface area contributed by atoms with Gasteiger partial charge in [-0.15, -0.1) is 11.3 Å². The van der Waals surface area contributed by atoms with Gasteiger partial charge in [-0.2, -0.15) is 13.2 Å². The van der Waals surface area contributed by atoms with Crippen LogP contribution in [0, 0.1) is 19.8 Å². The number of nitrogens with one attached hydrogen (secondary N) is 1. The molecular weight excluding hydrogens is 441 g/mol. The van der Waals surface area contributed by atoms with E-state index in [1.165, 1.54) is 11.3 Å². The highest BCUT2D eigenvalue weighted by Gasteiger charge is 2.45. The van der Waals surface area contributed by atoms with Crippen molar-refractivity contribution in [2.24, 2.45) is 5.92 Å². The van der Waals surface area contributed by atoms with Crippen LogP contribution in [0.25, 0.3) is 0 Å². The average molecular weight is 467 g/mol. The van der Waals surface area contributed by atoms with E-state index in [0.717, 1.165) is 35.6 Å². The predicted molar refractivity (Wildman–Crippen MR) is 119 cm³/mol. The first kappa shape index (κ1) is 21.3. The van der Waals surface area contributed by atoms with E-state index >= 15 is 0 Å². The second-order valence-electron chi connectivity index (χ2n) is 8.62. The van der Waals surface area contributed by atoms with Crippen LogP contribution < -0.4 is 20.0 Å². The van der Waals surface area contributed by atoms with E-state index in [1.807, 2.05) is 19.9 Å². The number of carbonyl (C=O) groups excluding carboxylic acids is 1. The number of pyridine rings is 1. The lowest BCUT2D eigenvalue weighted by Crippen LogP contribution is -2.45. The van der Waals surface area contributed by atoms with Gasteiger partial charge in [0.15, 0.2) is 10.9 Å². The van der Waals surface area contributed by atoms with Gasteiger partial charge in [-0.05, 0) is 51.7 Å². The van der Waals surface area contributed by atoms with Crippen LogP contribution in [0.5, 0.6) is 0 Å². The molecule has 172 valence electrons. The van der Waals surface area contributed by atoms with Crippen LogP contribution in [0.1, 0.15) is 36.3 Å². The number of hydrogen-bond donors (Lipinski definition) is 1. The Morgan fingerprint density at radius 3 is 2.66 bits per heavy atom. The molecule has 0 spiro atoms. The summed E-state index contributed by atoms with van der Waals surface area (Å²) in [5.74, 6) is -0.369. The topological polar surface area (TPSA) is 64.6 Å². The molecule has 2 fully saturated rings. The Kier molecular flexibility index (Phi) is 5.18. The monoisotopic (exact) mass is 466 g/mol. The van der Waals surface area contributed by atoms with Gasteiger partial charge in [-0.1, -0.05) is 0 Å². The van der Waals surface area contributed by atoms with Gasteiger partial charge in [-0.25, -0.2) is 14.8 Å². The first-order valence-electron chi connectivity index (χ1n) is 10.9. The number of nitrogens with zero attached hydrogens (tertiary/aromatic N) is 5. The summed E-state index contributed by atoms with van der Waals surface area (Å²) in [4.78, 5) is 28.9. The van der Waals surface area contributed by atoms with Gasteiger partial charge in [0.1, 0.15) is 12.0 Å². The highest BCUT2D eigenvalue weighted by atomic mass is 32.1. The molecule has 0 aromatic carbocycles. The number of thiazole rings is 1. The number of urea groups is 1. The van der Waals surface area contributed by atoms with Crippen molar-refractivity contribution < 1.29 is 18.0 Å². The van der Waals surface area contributed by atoms with Crippen molar-refractivity contribution >= 4 is 39.8 Å². The maximum atomic E-state index is 13.3. The number of aromatic nitrogens is 2. The Balaban J connectivity index is 1.44.